The van der Waals surface area contributed by atoms with Crippen LogP contribution < -0.4 is 5.32 Å². The van der Waals surface area contributed by atoms with Crippen molar-refractivity contribution in [3.05, 3.63) is 453 Å². The van der Waals surface area contributed by atoms with Gasteiger partial charge in [-0.25, -0.2) is 19.9 Å². The van der Waals surface area contributed by atoms with Gasteiger partial charge in [0, 0.05) is 110 Å². The predicted molar refractivity (Wildman–Crippen MR) is 530 cm³/mol. The Bertz CT molecular complexity index is 8650. The highest BCUT2D eigenvalue weighted by Crippen LogP contribution is 2.52. The van der Waals surface area contributed by atoms with Gasteiger partial charge in [-0.3, -0.25) is 4.99 Å². The molecule has 596 valence electrons. The third-order valence-electron chi connectivity index (χ3n) is 25.8. The van der Waals surface area contributed by atoms with Crippen molar-refractivity contribution < 1.29 is 8.83 Å². The van der Waals surface area contributed by atoms with E-state index in [2.05, 4.69) is 436 Å². The van der Waals surface area contributed by atoms with Gasteiger partial charge in [-0.05, 0) is 131 Å². The minimum Gasteiger partial charge on any atom is -0.456 e. The highest BCUT2D eigenvalue weighted by Gasteiger charge is 2.29. The van der Waals surface area contributed by atoms with Crippen LogP contribution in [0.15, 0.2) is 451 Å². The maximum absolute atomic E-state index is 7.00. The van der Waals surface area contributed by atoms with Crippen LogP contribution in [0.1, 0.15) is 22.9 Å². The number of nitrogens with one attached hydrogen (secondary N) is 1. The molecule has 0 saturated carbocycles. The van der Waals surface area contributed by atoms with Gasteiger partial charge in [-0.2, -0.15) is 0 Å². The molecule has 1 N–H and O–H groups in total. The fourth-order valence-electron chi connectivity index (χ4n) is 19.7. The summed E-state index contributed by atoms with van der Waals surface area (Å²) in [6.45, 7) is 0. The summed E-state index contributed by atoms with van der Waals surface area (Å²) in [5.41, 5.74) is 31.7. The van der Waals surface area contributed by atoms with E-state index in [9.17, 15) is 0 Å². The molecule has 6 heterocycles. The molecule has 1 aliphatic rings. The van der Waals surface area contributed by atoms with Gasteiger partial charge in [0.05, 0.1) is 39.5 Å². The normalized spacial score (nSPS) is 12.9. The van der Waals surface area contributed by atoms with Gasteiger partial charge in [-0.1, -0.05) is 388 Å². The lowest BCUT2D eigenvalue weighted by Gasteiger charge is -2.26. The number of benzene rings is 19. The van der Waals surface area contributed by atoms with E-state index in [4.69, 9.17) is 33.8 Å². The number of nitrogens with zero attached hydrogens (tertiary/aromatic N) is 5. The van der Waals surface area contributed by atoms with Crippen LogP contribution in [0.4, 0.5) is 0 Å². The standard InChI is InChI=1S/C120H74N6O2/c1-6-27-73(28-7-1)74-49-57-81(58-50-74)105-72-104(80-33-12-4-13-34-80)124-120(125-105)94-68-66-86(90-38-17-19-40-92(90)94)75-51-59-82(60-52-75)110-112-95-41-20-23-46-101(95)121-116(99(112)69-108-114(110)96-42-21-24-47-106(96)127-108)85-63-55-77(56-64-85)88-44-26-45-98-113-100(117(126-118(88)98)84-35-14-5-15-36-84)70-109-115(97-43-22-25-48-107(97)128-109)111(113)83-61-53-76(54-62-83)87-65-67-93(91-39-18-16-37-89(87)91)119-122-102(78-29-8-2-9-30-78)71-103(123-119)79-31-10-3-11-32-79/h1-72,119,122H. The summed E-state index contributed by atoms with van der Waals surface area (Å²) in [5, 5.41) is 18.8. The lowest BCUT2D eigenvalue weighted by atomic mass is 9.87. The molecule has 19 aromatic carbocycles. The van der Waals surface area contributed by atoms with Gasteiger partial charge in [0.1, 0.15) is 28.5 Å². The molecule has 0 bridgehead atoms. The van der Waals surface area contributed by atoms with Crippen molar-refractivity contribution in [2.45, 2.75) is 6.17 Å². The van der Waals surface area contributed by atoms with Gasteiger partial charge >= 0.3 is 0 Å². The summed E-state index contributed by atoms with van der Waals surface area (Å²) >= 11 is 0. The van der Waals surface area contributed by atoms with E-state index >= 15 is 0 Å². The largest absolute Gasteiger partial charge is 0.456 e. The van der Waals surface area contributed by atoms with Gasteiger partial charge in [-0.15, -0.1) is 0 Å². The number of furan rings is 2. The van der Waals surface area contributed by atoms with E-state index in [0.29, 0.717) is 5.82 Å². The van der Waals surface area contributed by atoms with E-state index in [1.54, 1.807) is 0 Å². The van der Waals surface area contributed by atoms with E-state index in [-0.39, 0.29) is 6.17 Å². The molecule has 8 heteroatoms. The molecule has 25 rings (SSSR count). The average Bonchev–Trinajstić information content (AvgIpc) is 1.47. The number of aliphatic imine (C=N–C) groups is 1. The Morgan fingerprint density at radius 2 is 0.617 bits per heavy atom. The Morgan fingerprint density at radius 1 is 0.227 bits per heavy atom. The van der Waals surface area contributed by atoms with Gasteiger partial charge in [0.2, 0.25) is 0 Å². The Labute approximate surface area is 737 Å². The van der Waals surface area contributed by atoms with Crippen molar-refractivity contribution in [2.75, 3.05) is 0 Å². The first-order valence-corrected chi connectivity index (χ1v) is 43.5. The summed E-state index contributed by atoms with van der Waals surface area (Å²) in [5.74, 6) is 0.663. The highest BCUT2D eigenvalue weighted by atomic mass is 16.3. The molecule has 1 atom stereocenters. The van der Waals surface area contributed by atoms with Crippen molar-refractivity contribution in [3.63, 3.8) is 0 Å². The zero-order chi connectivity index (χ0) is 84.3. The predicted octanol–water partition coefficient (Wildman–Crippen LogP) is 31.5. The summed E-state index contributed by atoms with van der Waals surface area (Å²) in [7, 11) is 0. The molecule has 0 aliphatic carbocycles. The van der Waals surface area contributed by atoms with Crippen molar-refractivity contribution in [1.82, 2.24) is 25.3 Å². The fraction of sp³-hybridized carbons (Fsp3) is 0.00833. The molecule has 128 heavy (non-hydrogen) atoms. The molecule has 5 aromatic heterocycles. The Kier molecular flexibility index (Phi) is 17.5. The zero-order valence-electron chi connectivity index (χ0n) is 69.2. The third-order valence-corrected chi connectivity index (χ3v) is 25.8. The molecular formula is C120H74N6O2. The zero-order valence-corrected chi connectivity index (χ0v) is 69.2. The second kappa shape index (κ2) is 30.5. The molecule has 24 aromatic rings. The molecule has 0 radical (unpaired) electrons. The first-order chi connectivity index (χ1) is 63.4. The lowest BCUT2D eigenvalue weighted by molar-refractivity contribution is 0.669. The number of pyridine rings is 2. The van der Waals surface area contributed by atoms with Crippen LogP contribution in [-0.2, 0) is 0 Å². The number of para-hydroxylation sites is 4. The SMILES string of the molecule is C1=C(c2ccccc2)NC(c2ccc(-c3ccc(-c4c5c(cc6c(-c7ccccc7)nc7c(-c8ccc(-c9nc%10ccccc%10c%10c(-c%11ccc(-c%12ccc(-c%13nc(-c%14ccccc%14)cc(-c%14ccc(-c%15ccccc%15)cc%14)n%13)c%13ccccc%12%13)cc%11)c%11c(cc9%10)oc9ccccc9%11)cc8)cccc7c46)oc4ccccc45)cc3)c3ccccc23)N=C1c1ccccc1. The Balaban J connectivity index is 0.602. The number of fused-ring (bicyclic) bond motifs is 14. The van der Waals surface area contributed by atoms with Crippen molar-refractivity contribution >= 4 is 120 Å². The molecule has 1 aliphatic heterocycles. The first kappa shape index (κ1) is 73.6. The maximum Gasteiger partial charge on any atom is 0.161 e. The van der Waals surface area contributed by atoms with E-state index in [1.165, 1.54) is 5.56 Å². The van der Waals surface area contributed by atoms with Crippen LogP contribution in [0.2, 0.25) is 0 Å². The van der Waals surface area contributed by atoms with Crippen LogP contribution in [0.25, 0.3) is 238 Å². The molecule has 1 unspecified atom stereocenters. The van der Waals surface area contributed by atoms with Crippen LogP contribution in [-0.4, -0.2) is 25.6 Å². The smallest absolute Gasteiger partial charge is 0.161 e. The molecule has 0 saturated heterocycles. The van der Waals surface area contributed by atoms with E-state index in [0.717, 1.165) is 249 Å². The highest BCUT2D eigenvalue weighted by molar-refractivity contribution is 6.30. The molecule has 8 nitrogen and oxygen atoms in total. The summed E-state index contributed by atoms with van der Waals surface area (Å²) in [6, 6.07) is 154. The number of aromatic nitrogens is 4. The van der Waals surface area contributed by atoms with Gasteiger partial charge < -0.3 is 14.2 Å². The molecule has 0 fully saturated rings. The Morgan fingerprint density at radius 3 is 1.20 bits per heavy atom. The minimum atomic E-state index is -0.339. The summed E-state index contributed by atoms with van der Waals surface area (Å²) in [6.07, 6.45) is 1.83. The van der Waals surface area contributed by atoms with E-state index in [1.807, 2.05) is 6.07 Å². The topological polar surface area (TPSA) is 102 Å². The first-order valence-electron chi connectivity index (χ1n) is 43.5. The van der Waals surface area contributed by atoms with Gasteiger partial charge in [0.15, 0.2) is 5.82 Å². The number of hydrogen-bond donors (Lipinski definition) is 1. The molecule has 0 amide bonds. The molecular weight excluding hydrogens is 1560 g/mol. The van der Waals surface area contributed by atoms with Crippen molar-refractivity contribution in [1.29, 1.82) is 0 Å². The summed E-state index contributed by atoms with van der Waals surface area (Å²) in [4.78, 5) is 27.7. The van der Waals surface area contributed by atoms with Crippen LogP contribution in [0.5, 0.6) is 0 Å². The van der Waals surface area contributed by atoms with Crippen molar-refractivity contribution in [2.24, 2.45) is 4.99 Å². The lowest BCUT2D eigenvalue weighted by Crippen LogP contribution is -2.25. The van der Waals surface area contributed by atoms with Crippen LogP contribution in [0.3, 0.4) is 0 Å². The molecule has 0 spiro atoms. The Hall–Kier alpha value is -17.1. The number of rotatable bonds is 14. The van der Waals surface area contributed by atoms with Crippen molar-refractivity contribution in [3.8, 4) is 123 Å². The maximum atomic E-state index is 7.00. The van der Waals surface area contributed by atoms with Crippen LogP contribution in [0, 0.1) is 0 Å². The monoisotopic (exact) mass is 1630 g/mol. The fourth-order valence-corrected chi connectivity index (χ4v) is 19.7. The van der Waals surface area contributed by atoms with E-state index < -0.39 is 0 Å². The van der Waals surface area contributed by atoms with Crippen LogP contribution >= 0.6 is 0 Å². The third kappa shape index (κ3) is 12.6. The number of allylic oxidation sites excluding steroid dienone is 1. The quantitative estimate of drug-likeness (QED) is 0.108. The number of hydrogen-bond acceptors (Lipinski definition) is 8. The average molecular weight is 1630 g/mol. The summed E-state index contributed by atoms with van der Waals surface area (Å²) < 4.78 is 14.0. The second-order valence-corrected chi connectivity index (χ2v) is 33.1. The minimum absolute atomic E-state index is 0.339. The second-order valence-electron chi connectivity index (χ2n) is 33.1. The van der Waals surface area contributed by atoms with Gasteiger partial charge in [0.25, 0.3) is 0 Å².